The topological polar surface area (TPSA) is 104 Å². The molecule has 0 spiro atoms. The lowest BCUT2D eigenvalue weighted by Crippen LogP contribution is -2.43. The van der Waals surface area contributed by atoms with Gasteiger partial charge in [0.05, 0.1) is 10.8 Å². The molecule has 0 bridgehead atoms. The Labute approximate surface area is 133 Å². The quantitative estimate of drug-likeness (QED) is 0.585. The van der Waals surface area contributed by atoms with Crippen LogP contribution in [0.3, 0.4) is 0 Å². The van der Waals surface area contributed by atoms with Gasteiger partial charge in [-0.15, -0.1) is 0 Å². The van der Waals surface area contributed by atoms with E-state index in [1.54, 1.807) is 24.3 Å². The summed E-state index contributed by atoms with van der Waals surface area (Å²) >= 11 is 0. The molecule has 1 aromatic carbocycles. The van der Waals surface area contributed by atoms with Gasteiger partial charge in [0.1, 0.15) is 6.10 Å². The van der Waals surface area contributed by atoms with Crippen molar-refractivity contribution in [1.29, 1.82) is 0 Å². The van der Waals surface area contributed by atoms with Crippen molar-refractivity contribution in [3.63, 3.8) is 0 Å². The molecule has 0 aromatic heterocycles. The van der Waals surface area contributed by atoms with E-state index < -0.39 is 29.2 Å². The summed E-state index contributed by atoms with van der Waals surface area (Å²) in [5.41, 5.74) is 5.56. The van der Waals surface area contributed by atoms with Crippen molar-refractivity contribution >= 4 is 10.8 Å². The molecule has 1 saturated carbocycles. The number of hydrogen-bond donors (Lipinski definition) is 4. The first-order chi connectivity index (χ1) is 10.4. The zero-order valence-corrected chi connectivity index (χ0v) is 13.5. The van der Waals surface area contributed by atoms with E-state index in [2.05, 4.69) is 0 Å². The second-order valence-electron chi connectivity index (χ2n) is 6.07. The van der Waals surface area contributed by atoms with E-state index in [0.717, 1.165) is 12.8 Å². The average Bonchev–Trinajstić information content (AvgIpc) is 2.55. The molecular formula is C16H25NO4S. The Morgan fingerprint density at radius 3 is 2.59 bits per heavy atom. The minimum absolute atomic E-state index is 0.310. The van der Waals surface area contributed by atoms with Crippen molar-refractivity contribution in [3.05, 3.63) is 29.8 Å². The molecule has 0 heterocycles. The third-order valence-corrected chi connectivity index (χ3v) is 5.84. The normalized spacial score (nSPS) is 19.8. The number of aliphatic hydroxyl groups is 3. The Kier molecular flexibility index (Phi) is 6.11. The van der Waals surface area contributed by atoms with Crippen molar-refractivity contribution in [2.75, 3.05) is 12.3 Å². The molecule has 0 saturated heterocycles. The number of aliphatic hydroxyl groups excluding tert-OH is 1. The van der Waals surface area contributed by atoms with Crippen LogP contribution in [0.4, 0.5) is 0 Å². The molecule has 0 aliphatic heterocycles. The maximum absolute atomic E-state index is 12.5. The fourth-order valence-electron chi connectivity index (χ4n) is 2.87. The summed E-state index contributed by atoms with van der Waals surface area (Å²) < 4.78 is 12.5. The molecule has 1 fully saturated rings. The van der Waals surface area contributed by atoms with Crippen molar-refractivity contribution in [3.8, 4) is 0 Å². The van der Waals surface area contributed by atoms with Gasteiger partial charge in [-0.05, 0) is 36.5 Å². The highest BCUT2D eigenvalue weighted by atomic mass is 32.2. The first-order valence-corrected chi connectivity index (χ1v) is 9.07. The van der Waals surface area contributed by atoms with Gasteiger partial charge in [-0.1, -0.05) is 31.4 Å². The number of benzene rings is 1. The molecule has 1 aliphatic rings. The molecule has 1 aromatic rings. The van der Waals surface area contributed by atoms with Crippen LogP contribution in [0.2, 0.25) is 0 Å². The zero-order chi connectivity index (χ0) is 16.2. The van der Waals surface area contributed by atoms with E-state index in [0.29, 0.717) is 22.1 Å². The largest absolute Gasteiger partial charge is 0.383 e. The third kappa shape index (κ3) is 4.36. The summed E-state index contributed by atoms with van der Waals surface area (Å²) in [4.78, 5) is 0.606. The van der Waals surface area contributed by atoms with E-state index in [9.17, 15) is 19.5 Å². The maximum atomic E-state index is 12.5. The highest BCUT2D eigenvalue weighted by Gasteiger charge is 2.33. The second-order valence-corrected chi connectivity index (χ2v) is 7.57. The van der Waals surface area contributed by atoms with Crippen LogP contribution in [-0.2, 0) is 10.8 Å². The molecule has 1 aliphatic carbocycles. The molecule has 0 radical (unpaired) electrons. The first-order valence-electron chi connectivity index (χ1n) is 7.75. The molecule has 5 nitrogen and oxygen atoms in total. The summed E-state index contributed by atoms with van der Waals surface area (Å²) in [6, 6.07) is 6.55. The van der Waals surface area contributed by atoms with Crippen molar-refractivity contribution < 1.29 is 19.5 Å². The Morgan fingerprint density at radius 1 is 1.27 bits per heavy atom. The summed E-state index contributed by atoms with van der Waals surface area (Å²) in [5.74, 6) is -1.27. The molecule has 2 atom stereocenters. The van der Waals surface area contributed by atoms with Gasteiger partial charge in [-0.25, -0.2) is 0 Å². The van der Waals surface area contributed by atoms with Gasteiger partial charge in [-0.2, -0.15) is 0 Å². The van der Waals surface area contributed by atoms with Crippen LogP contribution in [0.15, 0.2) is 29.2 Å². The minimum Gasteiger partial charge on any atom is -0.383 e. The summed E-state index contributed by atoms with van der Waals surface area (Å²) in [6.07, 6.45) is 4.39. The fraction of sp³-hybridized carbons (Fsp3) is 0.625. The van der Waals surface area contributed by atoms with Gasteiger partial charge >= 0.3 is 0 Å². The molecule has 124 valence electrons. The van der Waals surface area contributed by atoms with Crippen LogP contribution in [0, 0.1) is 5.92 Å². The van der Waals surface area contributed by atoms with Gasteiger partial charge in [0.25, 0.3) is 0 Å². The predicted molar refractivity (Wildman–Crippen MR) is 85.5 cm³/mol. The molecular weight excluding hydrogens is 302 g/mol. The summed E-state index contributed by atoms with van der Waals surface area (Å²) in [6.45, 7) is -0.483. The summed E-state index contributed by atoms with van der Waals surface area (Å²) in [7, 11) is -1.14. The Balaban J connectivity index is 2.08. The Hall–Kier alpha value is -0.790. The summed E-state index contributed by atoms with van der Waals surface area (Å²) in [5, 5.41) is 29.3. The lowest BCUT2D eigenvalue weighted by molar-refractivity contribution is -0.219. The van der Waals surface area contributed by atoms with E-state index in [4.69, 9.17) is 5.73 Å². The van der Waals surface area contributed by atoms with Gasteiger partial charge in [-0.3, -0.25) is 4.21 Å². The van der Waals surface area contributed by atoms with Crippen LogP contribution >= 0.6 is 0 Å². The van der Waals surface area contributed by atoms with Crippen LogP contribution in [0.1, 0.15) is 43.8 Å². The molecule has 5 N–H and O–H groups in total. The number of nitrogens with two attached hydrogens (primary N) is 1. The van der Waals surface area contributed by atoms with Crippen molar-refractivity contribution in [1.82, 2.24) is 0 Å². The van der Waals surface area contributed by atoms with Gasteiger partial charge < -0.3 is 21.1 Å². The molecule has 6 heteroatoms. The molecule has 2 rings (SSSR count). The van der Waals surface area contributed by atoms with Crippen molar-refractivity contribution in [2.24, 2.45) is 11.7 Å². The fourth-order valence-corrected chi connectivity index (χ4v) is 4.32. The van der Waals surface area contributed by atoms with Crippen LogP contribution < -0.4 is 5.73 Å². The first kappa shape index (κ1) is 17.6. The smallest absolute Gasteiger partial charge is 0.206 e. The number of hydrogen-bond acceptors (Lipinski definition) is 5. The average molecular weight is 327 g/mol. The van der Waals surface area contributed by atoms with E-state index in [-0.39, 0.29) is 0 Å². The van der Waals surface area contributed by atoms with Crippen molar-refractivity contribution in [2.45, 2.75) is 48.9 Å². The SMILES string of the molecule is NCC(O)(O)C(O)c1cccc(S(=O)CC2CCCCC2)c1. The zero-order valence-electron chi connectivity index (χ0n) is 12.6. The minimum atomic E-state index is -2.39. The molecule has 2 unspecified atom stereocenters. The van der Waals surface area contributed by atoms with Crippen LogP contribution in [0.25, 0.3) is 0 Å². The van der Waals surface area contributed by atoms with Gasteiger partial charge in [0, 0.05) is 17.2 Å². The van der Waals surface area contributed by atoms with Crippen LogP contribution in [0.5, 0.6) is 0 Å². The van der Waals surface area contributed by atoms with Gasteiger partial charge in [0.15, 0.2) is 0 Å². The lowest BCUT2D eigenvalue weighted by Gasteiger charge is -2.26. The molecule has 22 heavy (non-hydrogen) atoms. The number of rotatable bonds is 6. The van der Waals surface area contributed by atoms with E-state index in [1.807, 2.05) is 0 Å². The Bertz CT molecular complexity index is 515. The standard InChI is InChI=1S/C16H25NO4S/c17-11-16(19,20)15(18)13-7-4-8-14(9-13)22(21)10-12-5-2-1-3-6-12/h4,7-9,12,15,18-20H,1-3,5-6,10-11,17H2. The molecule has 0 amide bonds. The van der Waals surface area contributed by atoms with Crippen LogP contribution in [-0.4, -0.2) is 37.6 Å². The third-order valence-electron chi connectivity index (χ3n) is 4.29. The predicted octanol–water partition coefficient (Wildman–Crippen LogP) is 1.05. The highest BCUT2D eigenvalue weighted by molar-refractivity contribution is 7.85. The second kappa shape index (κ2) is 7.66. The monoisotopic (exact) mass is 327 g/mol. The highest BCUT2D eigenvalue weighted by Crippen LogP contribution is 2.28. The maximum Gasteiger partial charge on any atom is 0.206 e. The lowest BCUT2D eigenvalue weighted by atomic mass is 9.91. The van der Waals surface area contributed by atoms with E-state index in [1.165, 1.54) is 19.3 Å². The van der Waals surface area contributed by atoms with Gasteiger partial charge in [0.2, 0.25) is 5.79 Å². The van der Waals surface area contributed by atoms with E-state index >= 15 is 0 Å². The Morgan fingerprint density at radius 2 is 1.95 bits per heavy atom.